The van der Waals surface area contributed by atoms with Crippen LogP contribution < -0.4 is 10.1 Å². The maximum atomic E-state index is 12.6. The van der Waals surface area contributed by atoms with Gasteiger partial charge in [0.05, 0.1) is 6.61 Å². The Morgan fingerprint density at radius 3 is 2.52 bits per heavy atom. The third-order valence-electron chi connectivity index (χ3n) is 4.02. The van der Waals surface area contributed by atoms with Gasteiger partial charge in [0.25, 0.3) is 5.91 Å². The van der Waals surface area contributed by atoms with E-state index in [1.54, 1.807) is 24.3 Å². The third-order valence-corrected chi connectivity index (χ3v) is 4.02. The average molecular weight is 395 g/mol. The molecule has 0 spiro atoms. The van der Waals surface area contributed by atoms with E-state index in [4.69, 9.17) is 9.47 Å². The van der Waals surface area contributed by atoms with Gasteiger partial charge in [-0.25, -0.2) is 9.48 Å². The predicted molar refractivity (Wildman–Crippen MR) is 104 cm³/mol. The lowest BCUT2D eigenvalue weighted by molar-refractivity contribution is -0.151. The monoisotopic (exact) mass is 395 g/mol. The summed E-state index contributed by atoms with van der Waals surface area (Å²) in [6.07, 6.45) is 1.68. The van der Waals surface area contributed by atoms with Crippen molar-refractivity contribution >= 4 is 17.6 Å². The summed E-state index contributed by atoms with van der Waals surface area (Å²) in [5, 5.41) is 13.6. The standard InChI is InChI=1S/C20H21N5O4/c1-2-28-17-10-8-16(9-11-17)22-19(26)13-29-20(27)18(25-14-21-23-24-25)12-15-6-4-3-5-7-15/h3-11,14,18H,2,12-13H2,1H3,(H,22,26)/t18-/m0/s1. The van der Waals surface area contributed by atoms with Gasteiger partial charge < -0.3 is 14.8 Å². The maximum absolute atomic E-state index is 12.6. The zero-order chi connectivity index (χ0) is 20.5. The molecule has 9 heteroatoms. The molecule has 0 fully saturated rings. The number of carbonyl (C=O) groups is 2. The minimum absolute atomic E-state index is 0.339. The number of nitrogens with one attached hydrogen (secondary N) is 1. The summed E-state index contributed by atoms with van der Waals surface area (Å²) in [7, 11) is 0. The van der Waals surface area contributed by atoms with Crippen LogP contribution in [-0.2, 0) is 20.7 Å². The molecule has 0 bridgehead atoms. The van der Waals surface area contributed by atoms with E-state index < -0.39 is 24.5 Å². The molecule has 2 aromatic carbocycles. The van der Waals surface area contributed by atoms with Crippen molar-refractivity contribution in [2.45, 2.75) is 19.4 Å². The molecule has 1 heterocycles. The molecule has 0 aliphatic carbocycles. The topological polar surface area (TPSA) is 108 Å². The number of carbonyl (C=O) groups excluding carboxylic acids is 2. The zero-order valence-electron chi connectivity index (χ0n) is 15.9. The Morgan fingerprint density at radius 2 is 1.86 bits per heavy atom. The maximum Gasteiger partial charge on any atom is 0.331 e. The van der Waals surface area contributed by atoms with Crippen molar-refractivity contribution in [3.63, 3.8) is 0 Å². The summed E-state index contributed by atoms with van der Waals surface area (Å²) >= 11 is 0. The quantitative estimate of drug-likeness (QED) is 0.552. The Balaban J connectivity index is 1.57. The highest BCUT2D eigenvalue weighted by Gasteiger charge is 2.24. The van der Waals surface area contributed by atoms with E-state index in [0.29, 0.717) is 24.5 Å². The van der Waals surface area contributed by atoms with Gasteiger partial charge in [0.1, 0.15) is 12.1 Å². The molecular weight excluding hydrogens is 374 g/mol. The van der Waals surface area contributed by atoms with Crippen LogP contribution in [0, 0.1) is 0 Å². The van der Waals surface area contributed by atoms with Crippen molar-refractivity contribution in [3.05, 3.63) is 66.5 Å². The van der Waals surface area contributed by atoms with Crippen molar-refractivity contribution in [3.8, 4) is 5.75 Å². The molecule has 150 valence electrons. The average Bonchev–Trinajstić information content (AvgIpc) is 3.27. The second-order valence-electron chi connectivity index (χ2n) is 6.11. The highest BCUT2D eigenvalue weighted by Crippen LogP contribution is 2.17. The van der Waals surface area contributed by atoms with Crippen LogP contribution in [0.4, 0.5) is 5.69 Å². The van der Waals surface area contributed by atoms with Crippen LogP contribution in [0.25, 0.3) is 0 Å². The fourth-order valence-electron chi connectivity index (χ4n) is 2.66. The van der Waals surface area contributed by atoms with Crippen LogP contribution in [-0.4, -0.2) is 45.3 Å². The molecule has 3 rings (SSSR count). The van der Waals surface area contributed by atoms with Crippen molar-refractivity contribution in [1.82, 2.24) is 20.2 Å². The summed E-state index contributed by atoms with van der Waals surface area (Å²) in [6.45, 7) is 2.04. The van der Waals surface area contributed by atoms with Gasteiger partial charge in [-0.05, 0) is 47.2 Å². The Bertz CT molecular complexity index is 914. The second-order valence-corrected chi connectivity index (χ2v) is 6.11. The molecule has 0 aliphatic rings. The number of ether oxygens (including phenoxy) is 2. The van der Waals surface area contributed by atoms with Gasteiger partial charge in [0, 0.05) is 12.1 Å². The number of nitrogens with zero attached hydrogens (tertiary/aromatic N) is 4. The van der Waals surface area contributed by atoms with E-state index in [2.05, 4.69) is 20.8 Å². The predicted octanol–water partition coefficient (Wildman–Crippen LogP) is 2.04. The van der Waals surface area contributed by atoms with Crippen LogP contribution in [0.15, 0.2) is 60.9 Å². The van der Waals surface area contributed by atoms with Crippen molar-refractivity contribution in [2.75, 3.05) is 18.5 Å². The normalized spacial score (nSPS) is 11.5. The van der Waals surface area contributed by atoms with Gasteiger partial charge in [-0.3, -0.25) is 4.79 Å². The first-order valence-electron chi connectivity index (χ1n) is 9.11. The lowest BCUT2D eigenvalue weighted by Crippen LogP contribution is -2.28. The molecule has 29 heavy (non-hydrogen) atoms. The zero-order valence-corrected chi connectivity index (χ0v) is 15.9. The van der Waals surface area contributed by atoms with Gasteiger partial charge in [-0.2, -0.15) is 0 Å². The largest absolute Gasteiger partial charge is 0.494 e. The highest BCUT2D eigenvalue weighted by atomic mass is 16.5. The summed E-state index contributed by atoms with van der Waals surface area (Å²) in [5.41, 5.74) is 1.50. The minimum atomic E-state index is -0.773. The Morgan fingerprint density at radius 1 is 1.10 bits per heavy atom. The number of esters is 1. The first kappa shape index (κ1) is 20.0. The van der Waals surface area contributed by atoms with Crippen LogP contribution in [0.3, 0.4) is 0 Å². The van der Waals surface area contributed by atoms with E-state index in [1.807, 2.05) is 37.3 Å². The van der Waals surface area contributed by atoms with Gasteiger partial charge in [-0.15, -0.1) is 5.10 Å². The highest BCUT2D eigenvalue weighted by molar-refractivity contribution is 5.93. The summed E-state index contributed by atoms with van der Waals surface area (Å²) < 4.78 is 11.9. The van der Waals surface area contributed by atoms with Crippen LogP contribution in [0.2, 0.25) is 0 Å². The van der Waals surface area contributed by atoms with Gasteiger partial charge in [-0.1, -0.05) is 30.3 Å². The molecule has 1 atom stereocenters. The second kappa shape index (κ2) is 9.98. The van der Waals surface area contributed by atoms with Crippen LogP contribution in [0.1, 0.15) is 18.5 Å². The number of hydrogen-bond acceptors (Lipinski definition) is 7. The molecule has 0 radical (unpaired) electrons. The molecule has 1 aromatic heterocycles. The van der Waals surface area contributed by atoms with E-state index >= 15 is 0 Å². The first-order chi connectivity index (χ1) is 14.2. The number of benzene rings is 2. The van der Waals surface area contributed by atoms with Crippen molar-refractivity contribution in [2.24, 2.45) is 0 Å². The number of anilines is 1. The van der Waals surface area contributed by atoms with E-state index in [-0.39, 0.29) is 0 Å². The summed E-state index contributed by atoms with van der Waals surface area (Å²) in [5.74, 6) is -0.331. The molecule has 0 aliphatic heterocycles. The van der Waals surface area contributed by atoms with E-state index in [0.717, 1.165) is 5.56 Å². The van der Waals surface area contributed by atoms with Gasteiger partial charge >= 0.3 is 5.97 Å². The Hall–Kier alpha value is -3.75. The SMILES string of the molecule is CCOc1ccc(NC(=O)COC(=O)[C@H](Cc2ccccc2)n2cnnn2)cc1. The molecule has 1 N–H and O–H groups in total. The molecule has 3 aromatic rings. The number of rotatable bonds is 9. The Labute approximate surface area is 167 Å². The fraction of sp³-hybridized carbons (Fsp3) is 0.250. The van der Waals surface area contributed by atoms with Crippen LogP contribution >= 0.6 is 0 Å². The number of tetrazole rings is 1. The number of amides is 1. The number of hydrogen-bond donors (Lipinski definition) is 1. The molecule has 0 saturated carbocycles. The number of aromatic nitrogens is 4. The lowest BCUT2D eigenvalue weighted by Gasteiger charge is -2.15. The van der Waals surface area contributed by atoms with Gasteiger partial charge in [0.15, 0.2) is 12.6 Å². The summed E-state index contributed by atoms with van der Waals surface area (Å²) in [6, 6.07) is 15.6. The first-order valence-corrected chi connectivity index (χ1v) is 9.11. The van der Waals surface area contributed by atoms with Crippen molar-refractivity contribution < 1.29 is 19.1 Å². The van der Waals surface area contributed by atoms with Crippen LogP contribution in [0.5, 0.6) is 5.75 Å². The molecule has 0 unspecified atom stereocenters. The Kier molecular flexibility index (Phi) is 6.88. The lowest BCUT2D eigenvalue weighted by atomic mass is 10.1. The smallest absolute Gasteiger partial charge is 0.331 e. The summed E-state index contributed by atoms with van der Waals surface area (Å²) in [4.78, 5) is 24.7. The van der Waals surface area contributed by atoms with Crippen molar-refractivity contribution in [1.29, 1.82) is 0 Å². The molecule has 0 saturated heterocycles. The van der Waals surface area contributed by atoms with Gasteiger partial charge in [0.2, 0.25) is 0 Å². The third kappa shape index (κ3) is 5.86. The molecule has 1 amide bonds. The fourth-order valence-corrected chi connectivity index (χ4v) is 2.66. The molecular formula is C20H21N5O4. The van der Waals surface area contributed by atoms with E-state index in [9.17, 15) is 9.59 Å². The molecule has 9 nitrogen and oxygen atoms in total. The minimum Gasteiger partial charge on any atom is -0.494 e. The van der Waals surface area contributed by atoms with E-state index in [1.165, 1.54) is 11.0 Å².